The lowest BCUT2D eigenvalue weighted by molar-refractivity contribution is -0.384. The number of carbonyl (C=O) groups is 1. The average Bonchev–Trinajstić information content (AvgIpc) is 3.47. The van der Waals surface area contributed by atoms with E-state index >= 15 is 0 Å². The van der Waals surface area contributed by atoms with Crippen LogP contribution in [0.15, 0.2) is 65.8 Å². The van der Waals surface area contributed by atoms with Crippen LogP contribution in [0.4, 0.5) is 5.69 Å². The van der Waals surface area contributed by atoms with E-state index in [0.717, 1.165) is 9.13 Å². The molecule has 0 unspecified atom stereocenters. The number of thioether (sulfide) groups is 2. The molecule has 1 saturated heterocycles. The summed E-state index contributed by atoms with van der Waals surface area (Å²) in [7, 11) is 1.53. The fourth-order valence-electron chi connectivity index (χ4n) is 3.46. The van der Waals surface area contributed by atoms with E-state index in [1.165, 1.54) is 42.5 Å². The second-order valence-electron chi connectivity index (χ2n) is 7.97. The Morgan fingerprint density at radius 2 is 1.84 bits per heavy atom. The molecule has 0 aromatic heterocycles. The highest BCUT2D eigenvalue weighted by molar-refractivity contribution is 14.1. The lowest BCUT2D eigenvalue weighted by Gasteiger charge is -2.13. The maximum atomic E-state index is 12.2. The first-order valence-electron chi connectivity index (χ1n) is 11.4. The molecule has 1 N–H and O–H groups in total. The molecule has 3 aromatic carbocycles. The number of hydrogen-bond acceptors (Lipinski definition) is 9. The monoisotopic (exact) mass is 665 g/mol. The standard InChI is InChI=1S/C26H24IN3O6S2/c1-34-23-13-18(12-22(27)25(23)36-15-17-2-6-20(7-3-17)30(32)33)14-28-29-24(31)16-35-21-8-4-19(5-9-21)26-37-10-11-38-26/h2-9,12-14,26H,10-11,15-16H2,1H3,(H,29,31)/b28-14-. The number of halogens is 1. The van der Waals surface area contributed by atoms with Crippen molar-refractivity contribution < 1.29 is 23.9 Å². The predicted molar refractivity (Wildman–Crippen MR) is 158 cm³/mol. The maximum absolute atomic E-state index is 12.2. The van der Waals surface area contributed by atoms with E-state index in [9.17, 15) is 14.9 Å². The molecular weight excluding hydrogens is 641 g/mol. The first-order valence-corrected chi connectivity index (χ1v) is 14.6. The van der Waals surface area contributed by atoms with Gasteiger partial charge in [-0.15, -0.1) is 23.5 Å². The van der Waals surface area contributed by atoms with Crippen LogP contribution in [0, 0.1) is 13.7 Å². The van der Waals surface area contributed by atoms with Gasteiger partial charge in [-0.2, -0.15) is 5.10 Å². The highest BCUT2D eigenvalue weighted by Gasteiger charge is 2.18. The molecule has 1 amide bonds. The normalized spacial score (nSPS) is 13.4. The number of non-ortho nitro benzene ring substituents is 1. The van der Waals surface area contributed by atoms with Gasteiger partial charge in [-0.1, -0.05) is 12.1 Å². The molecule has 38 heavy (non-hydrogen) atoms. The van der Waals surface area contributed by atoms with Gasteiger partial charge < -0.3 is 14.2 Å². The lowest BCUT2D eigenvalue weighted by Crippen LogP contribution is -2.24. The molecule has 0 atom stereocenters. The summed E-state index contributed by atoms with van der Waals surface area (Å²) in [5.74, 6) is 3.62. The van der Waals surface area contributed by atoms with Gasteiger partial charge in [0.05, 0.1) is 26.4 Å². The zero-order valence-electron chi connectivity index (χ0n) is 20.3. The molecule has 0 bridgehead atoms. The van der Waals surface area contributed by atoms with Crippen LogP contribution in [0.2, 0.25) is 0 Å². The Morgan fingerprint density at radius 3 is 2.50 bits per heavy atom. The average molecular weight is 666 g/mol. The summed E-state index contributed by atoms with van der Waals surface area (Å²) in [6, 6.07) is 17.6. The summed E-state index contributed by atoms with van der Waals surface area (Å²) >= 11 is 6.01. The molecular formula is C26H24IN3O6S2. The van der Waals surface area contributed by atoms with Crippen LogP contribution < -0.4 is 19.6 Å². The zero-order chi connectivity index (χ0) is 26.9. The summed E-state index contributed by atoms with van der Waals surface area (Å²) in [4.78, 5) is 22.5. The molecule has 4 rings (SSSR count). The first-order chi connectivity index (χ1) is 18.4. The van der Waals surface area contributed by atoms with Crippen molar-refractivity contribution in [2.45, 2.75) is 11.2 Å². The largest absolute Gasteiger partial charge is 0.493 e. The van der Waals surface area contributed by atoms with E-state index in [4.69, 9.17) is 14.2 Å². The molecule has 12 heteroatoms. The van der Waals surface area contributed by atoms with Crippen molar-refractivity contribution in [3.8, 4) is 17.2 Å². The Bertz CT molecular complexity index is 1300. The third kappa shape index (κ3) is 7.77. The van der Waals surface area contributed by atoms with Crippen LogP contribution in [0.3, 0.4) is 0 Å². The summed E-state index contributed by atoms with van der Waals surface area (Å²) < 4.78 is 18.2. The molecule has 0 saturated carbocycles. The summed E-state index contributed by atoms with van der Waals surface area (Å²) in [5, 5.41) is 14.8. The minimum absolute atomic E-state index is 0.0231. The quantitative estimate of drug-likeness (QED) is 0.119. The predicted octanol–water partition coefficient (Wildman–Crippen LogP) is 5.79. The Hall–Kier alpha value is -2.97. The van der Waals surface area contributed by atoms with Crippen molar-refractivity contribution in [1.29, 1.82) is 0 Å². The number of nitro groups is 1. The van der Waals surface area contributed by atoms with E-state index in [2.05, 4.69) is 33.1 Å². The van der Waals surface area contributed by atoms with Gasteiger partial charge in [-0.25, -0.2) is 5.43 Å². The van der Waals surface area contributed by atoms with Gasteiger partial charge in [-0.05, 0) is 75.7 Å². The highest BCUT2D eigenvalue weighted by Crippen LogP contribution is 2.45. The molecule has 198 valence electrons. The number of hydrazone groups is 1. The lowest BCUT2D eigenvalue weighted by atomic mass is 10.2. The van der Waals surface area contributed by atoms with Crippen molar-refractivity contribution in [3.05, 3.63) is 91.0 Å². The van der Waals surface area contributed by atoms with Gasteiger partial charge in [0.1, 0.15) is 12.4 Å². The van der Waals surface area contributed by atoms with Crippen molar-refractivity contribution in [2.24, 2.45) is 5.10 Å². The zero-order valence-corrected chi connectivity index (χ0v) is 24.1. The fraction of sp³-hybridized carbons (Fsp3) is 0.231. The third-order valence-corrected chi connectivity index (χ3v) is 9.23. The van der Waals surface area contributed by atoms with Crippen LogP contribution in [0.1, 0.15) is 21.3 Å². The van der Waals surface area contributed by atoms with Gasteiger partial charge in [-0.3, -0.25) is 14.9 Å². The van der Waals surface area contributed by atoms with Gasteiger partial charge in [0.25, 0.3) is 11.6 Å². The SMILES string of the molecule is COc1cc(/C=N\NC(=O)COc2ccc(C3SCCS3)cc2)cc(I)c1OCc1ccc([N+](=O)[O-])cc1. The van der Waals surface area contributed by atoms with Crippen molar-refractivity contribution in [1.82, 2.24) is 5.43 Å². The second-order valence-corrected chi connectivity index (χ2v) is 11.9. The number of nitro benzene ring substituents is 1. The maximum Gasteiger partial charge on any atom is 0.277 e. The van der Waals surface area contributed by atoms with E-state index < -0.39 is 4.92 Å². The molecule has 0 spiro atoms. The van der Waals surface area contributed by atoms with Gasteiger partial charge >= 0.3 is 0 Å². The molecule has 1 heterocycles. The molecule has 9 nitrogen and oxygen atoms in total. The van der Waals surface area contributed by atoms with E-state index in [0.29, 0.717) is 27.4 Å². The minimum atomic E-state index is -0.444. The van der Waals surface area contributed by atoms with E-state index in [1.54, 1.807) is 18.2 Å². The molecule has 1 fully saturated rings. The number of benzene rings is 3. The smallest absolute Gasteiger partial charge is 0.277 e. The number of nitrogens with zero attached hydrogens (tertiary/aromatic N) is 2. The molecule has 1 aliphatic rings. The summed E-state index contributed by atoms with van der Waals surface area (Å²) in [5.41, 5.74) is 5.23. The Labute approximate surface area is 242 Å². The van der Waals surface area contributed by atoms with Crippen molar-refractivity contribution in [3.63, 3.8) is 0 Å². The Kier molecular flexibility index (Phi) is 10.1. The fourth-order valence-corrected chi connectivity index (χ4v) is 7.10. The number of rotatable bonds is 11. The molecule has 0 radical (unpaired) electrons. The van der Waals surface area contributed by atoms with Crippen LogP contribution in [0.25, 0.3) is 0 Å². The topological polar surface area (TPSA) is 112 Å². The van der Waals surface area contributed by atoms with Crippen molar-refractivity contribution in [2.75, 3.05) is 25.2 Å². The number of nitrogens with one attached hydrogen (secondary N) is 1. The van der Waals surface area contributed by atoms with Gasteiger partial charge in [0, 0.05) is 23.6 Å². The van der Waals surface area contributed by atoms with E-state index in [1.807, 2.05) is 53.9 Å². The summed E-state index contributed by atoms with van der Waals surface area (Å²) in [6.45, 7) is 0.0645. The molecule has 0 aliphatic carbocycles. The van der Waals surface area contributed by atoms with Gasteiger partial charge in [0.15, 0.2) is 18.1 Å². The molecule has 3 aromatic rings. The number of hydrogen-bond donors (Lipinski definition) is 1. The minimum Gasteiger partial charge on any atom is -0.493 e. The van der Waals surface area contributed by atoms with E-state index in [-0.39, 0.29) is 24.8 Å². The number of methoxy groups -OCH3 is 1. The van der Waals surface area contributed by atoms with Gasteiger partial charge in [0.2, 0.25) is 0 Å². The highest BCUT2D eigenvalue weighted by atomic mass is 127. The van der Waals surface area contributed by atoms with Crippen LogP contribution >= 0.6 is 46.1 Å². The summed E-state index contributed by atoms with van der Waals surface area (Å²) in [6.07, 6.45) is 1.51. The molecule has 1 aliphatic heterocycles. The Morgan fingerprint density at radius 1 is 1.13 bits per heavy atom. The van der Waals surface area contributed by atoms with Crippen molar-refractivity contribution >= 4 is 63.9 Å². The third-order valence-electron chi connectivity index (χ3n) is 5.33. The number of ether oxygens (including phenoxy) is 3. The van der Waals surface area contributed by atoms with Crippen LogP contribution in [0.5, 0.6) is 17.2 Å². The Balaban J connectivity index is 1.28. The first kappa shape index (κ1) is 28.0. The number of carbonyl (C=O) groups excluding carboxylic acids is 1. The van der Waals surface area contributed by atoms with Crippen LogP contribution in [-0.2, 0) is 11.4 Å². The second kappa shape index (κ2) is 13.7. The number of amides is 1. The van der Waals surface area contributed by atoms with Crippen LogP contribution in [-0.4, -0.2) is 42.3 Å².